The molecule has 1 aromatic carbocycles. The van der Waals surface area contributed by atoms with Gasteiger partial charge >= 0.3 is 12.3 Å². The van der Waals surface area contributed by atoms with E-state index in [0.717, 1.165) is 0 Å². The molecule has 0 spiro atoms. The Morgan fingerprint density at radius 3 is 2.29 bits per heavy atom. The van der Waals surface area contributed by atoms with E-state index in [0.29, 0.717) is 5.06 Å². The fourth-order valence-electron chi connectivity index (χ4n) is 1.36. The summed E-state index contributed by atoms with van der Waals surface area (Å²) in [6.07, 6.45) is -6.01. The number of ether oxygens (including phenoxy) is 1. The summed E-state index contributed by atoms with van der Waals surface area (Å²) in [4.78, 5) is 16.1. The summed E-state index contributed by atoms with van der Waals surface area (Å²) >= 11 is 0. The fraction of sp³-hybridized carbons (Fsp3) is 0.417. The average molecular weight is 313 g/mol. The van der Waals surface area contributed by atoms with E-state index < -0.39 is 35.2 Å². The van der Waals surface area contributed by atoms with Gasteiger partial charge in [0.25, 0.3) is 0 Å². The van der Waals surface area contributed by atoms with Gasteiger partial charge in [-0.25, -0.2) is 13.6 Å². The SMILES string of the molecule is CCOC(=O)N(CC)Oc1cc(F)c(C(F)(F)F)cc1F. The molecule has 0 bridgehead atoms. The normalized spacial score (nSPS) is 11.2. The van der Waals surface area contributed by atoms with Crippen molar-refractivity contribution in [2.24, 2.45) is 0 Å². The van der Waals surface area contributed by atoms with Gasteiger partial charge in [-0.2, -0.15) is 13.2 Å². The summed E-state index contributed by atoms with van der Waals surface area (Å²) < 4.78 is 68.6. The molecule has 0 heterocycles. The van der Waals surface area contributed by atoms with Gasteiger partial charge in [0.15, 0.2) is 11.6 Å². The Balaban J connectivity index is 3.04. The first-order valence-corrected chi connectivity index (χ1v) is 5.89. The molecule has 21 heavy (non-hydrogen) atoms. The number of hydrogen-bond acceptors (Lipinski definition) is 3. The Labute approximate surface area is 117 Å². The van der Waals surface area contributed by atoms with Crippen LogP contribution >= 0.6 is 0 Å². The lowest BCUT2D eigenvalue weighted by molar-refractivity contribution is -0.140. The molecule has 0 aliphatic carbocycles. The molecule has 0 radical (unpaired) electrons. The Kier molecular flexibility index (Phi) is 5.34. The van der Waals surface area contributed by atoms with Crippen LogP contribution in [0.2, 0.25) is 0 Å². The van der Waals surface area contributed by atoms with Crippen LogP contribution in [0.15, 0.2) is 12.1 Å². The maximum atomic E-state index is 13.5. The van der Waals surface area contributed by atoms with Crippen LogP contribution in [0.5, 0.6) is 5.75 Å². The van der Waals surface area contributed by atoms with Gasteiger partial charge in [0.2, 0.25) is 0 Å². The molecule has 1 aromatic rings. The topological polar surface area (TPSA) is 38.8 Å². The fourth-order valence-corrected chi connectivity index (χ4v) is 1.36. The number of halogens is 5. The first-order valence-electron chi connectivity index (χ1n) is 5.89. The number of rotatable bonds is 4. The number of amides is 1. The first-order chi connectivity index (χ1) is 9.70. The van der Waals surface area contributed by atoms with E-state index in [1.54, 1.807) is 0 Å². The molecule has 0 N–H and O–H groups in total. The van der Waals surface area contributed by atoms with E-state index in [2.05, 4.69) is 4.74 Å². The minimum Gasteiger partial charge on any atom is -0.448 e. The Morgan fingerprint density at radius 2 is 1.81 bits per heavy atom. The second kappa shape index (κ2) is 6.59. The molecule has 0 atom stereocenters. The zero-order valence-corrected chi connectivity index (χ0v) is 11.1. The van der Waals surface area contributed by atoms with Crippen LogP contribution in [0.3, 0.4) is 0 Å². The molecule has 9 heteroatoms. The molecule has 0 aliphatic rings. The van der Waals surface area contributed by atoms with Crippen molar-refractivity contribution in [3.8, 4) is 5.75 Å². The van der Waals surface area contributed by atoms with Gasteiger partial charge in [0, 0.05) is 6.07 Å². The molecule has 118 valence electrons. The third kappa shape index (κ3) is 4.20. The van der Waals surface area contributed by atoms with Crippen molar-refractivity contribution in [1.29, 1.82) is 0 Å². The third-order valence-electron chi connectivity index (χ3n) is 2.29. The van der Waals surface area contributed by atoms with Gasteiger partial charge in [-0.3, -0.25) is 0 Å². The van der Waals surface area contributed by atoms with Crippen LogP contribution in [0, 0.1) is 11.6 Å². The summed E-state index contributed by atoms with van der Waals surface area (Å²) in [6, 6.07) is 0.184. The number of hydroxylamine groups is 2. The lowest BCUT2D eigenvalue weighted by atomic mass is 10.2. The highest BCUT2D eigenvalue weighted by Gasteiger charge is 2.35. The minimum absolute atomic E-state index is 0.0164. The van der Waals surface area contributed by atoms with E-state index in [9.17, 15) is 26.7 Å². The Hall–Kier alpha value is -2.06. The van der Waals surface area contributed by atoms with Crippen molar-refractivity contribution < 1.29 is 36.3 Å². The summed E-state index contributed by atoms with van der Waals surface area (Å²) in [5.74, 6) is -4.01. The van der Waals surface area contributed by atoms with Crippen LogP contribution in [0.1, 0.15) is 19.4 Å². The van der Waals surface area contributed by atoms with Crippen molar-refractivity contribution in [2.75, 3.05) is 13.2 Å². The highest BCUT2D eigenvalue weighted by atomic mass is 19.4. The molecule has 0 unspecified atom stereocenters. The Morgan fingerprint density at radius 1 is 1.19 bits per heavy atom. The highest BCUT2D eigenvalue weighted by Crippen LogP contribution is 2.34. The van der Waals surface area contributed by atoms with E-state index >= 15 is 0 Å². The molecule has 1 amide bonds. The van der Waals surface area contributed by atoms with E-state index in [1.807, 2.05) is 0 Å². The van der Waals surface area contributed by atoms with Gasteiger partial charge < -0.3 is 9.57 Å². The molecular formula is C12H12F5NO3. The zero-order valence-electron chi connectivity index (χ0n) is 11.1. The van der Waals surface area contributed by atoms with Crippen LogP contribution in [0.25, 0.3) is 0 Å². The number of alkyl halides is 3. The highest BCUT2D eigenvalue weighted by molar-refractivity contribution is 5.66. The first kappa shape index (κ1) is 17.0. The molecule has 0 aliphatic heterocycles. The van der Waals surface area contributed by atoms with Crippen molar-refractivity contribution in [3.05, 3.63) is 29.3 Å². The summed E-state index contributed by atoms with van der Waals surface area (Å²) in [6.45, 7) is 2.91. The predicted molar refractivity (Wildman–Crippen MR) is 61.4 cm³/mol. The quantitative estimate of drug-likeness (QED) is 0.627. The number of carbonyl (C=O) groups is 1. The monoisotopic (exact) mass is 313 g/mol. The average Bonchev–Trinajstić information content (AvgIpc) is 2.38. The standard InChI is InChI=1S/C12H12F5NO3/c1-3-18(11(19)20-4-2)21-10-6-8(13)7(5-9(10)14)12(15,16)17/h5-6H,3-4H2,1-2H3. The molecule has 0 saturated carbocycles. The van der Waals surface area contributed by atoms with Crippen LogP contribution in [-0.4, -0.2) is 24.3 Å². The maximum absolute atomic E-state index is 13.5. The number of benzene rings is 1. The summed E-state index contributed by atoms with van der Waals surface area (Å²) in [5, 5.41) is 0.550. The van der Waals surface area contributed by atoms with Crippen LogP contribution in [-0.2, 0) is 10.9 Å². The van der Waals surface area contributed by atoms with Gasteiger partial charge in [-0.05, 0) is 19.9 Å². The van der Waals surface area contributed by atoms with Gasteiger partial charge in [0.05, 0.1) is 18.7 Å². The molecule has 0 aromatic heterocycles. The third-order valence-corrected chi connectivity index (χ3v) is 2.29. The zero-order chi connectivity index (χ0) is 16.2. The van der Waals surface area contributed by atoms with E-state index in [1.165, 1.54) is 13.8 Å². The van der Waals surface area contributed by atoms with Gasteiger partial charge in [0.1, 0.15) is 5.82 Å². The molecule has 0 fully saturated rings. The van der Waals surface area contributed by atoms with E-state index in [-0.39, 0.29) is 25.3 Å². The predicted octanol–water partition coefficient (Wildman–Crippen LogP) is 3.76. The second-order valence-electron chi connectivity index (χ2n) is 3.75. The Bertz CT molecular complexity index is 518. The van der Waals surface area contributed by atoms with Crippen molar-refractivity contribution >= 4 is 6.09 Å². The lowest BCUT2D eigenvalue weighted by Crippen LogP contribution is -2.35. The number of hydrogen-bond donors (Lipinski definition) is 0. The van der Waals surface area contributed by atoms with Gasteiger partial charge in [-0.15, -0.1) is 5.06 Å². The van der Waals surface area contributed by atoms with Crippen molar-refractivity contribution in [3.63, 3.8) is 0 Å². The summed E-state index contributed by atoms with van der Waals surface area (Å²) in [7, 11) is 0. The van der Waals surface area contributed by atoms with Crippen LogP contribution < -0.4 is 4.84 Å². The van der Waals surface area contributed by atoms with Crippen molar-refractivity contribution in [1.82, 2.24) is 5.06 Å². The number of carbonyl (C=O) groups excluding carboxylic acids is 1. The molecule has 4 nitrogen and oxygen atoms in total. The van der Waals surface area contributed by atoms with E-state index in [4.69, 9.17) is 4.84 Å². The largest absolute Gasteiger partial charge is 0.448 e. The molecular weight excluding hydrogens is 301 g/mol. The summed E-state index contributed by atoms with van der Waals surface area (Å²) in [5.41, 5.74) is -1.76. The molecule has 1 rings (SSSR count). The molecule has 0 saturated heterocycles. The minimum atomic E-state index is -5.03. The van der Waals surface area contributed by atoms with Crippen LogP contribution in [0.4, 0.5) is 26.7 Å². The lowest BCUT2D eigenvalue weighted by Gasteiger charge is -2.20. The smallest absolute Gasteiger partial charge is 0.443 e. The van der Waals surface area contributed by atoms with Crippen molar-refractivity contribution in [2.45, 2.75) is 20.0 Å². The van der Waals surface area contributed by atoms with Gasteiger partial charge in [-0.1, -0.05) is 0 Å². The second-order valence-corrected chi connectivity index (χ2v) is 3.75. The maximum Gasteiger partial charge on any atom is 0.443 e. The number of nitrogens with zero attached hydrogens (tertiary/aromatic N) is 1.